The molecule has 15 heavy (non-hydrogen) atoms. The van der Waals surface area contributed by atoms with Gasteiger partial charge in [-0.05, 0) is 24.6 Å². The van der Waals surface area contributed by atoms with E-state index >= 15 is 0 Å². The van der Waals surface area contributed by atoms with Crippen molar-refractivity contribution in [2.45, 2.75) is 12.8 Å². The van der Waals surface area contributed by atoms with Crippen LogP contribution in [0.25, 0.3) is 10.9 Å². The first-order valence-corrected chi connectivity index (χ1v) is 5.22. The molecule has 0 saturated heterocycles. The minimum atomic E-state index is 0.134. The number of fused-ring (bicyclic) bond motifs is 1. The molecule has 2 aromatic rings. The summed E-state index contributed by atoms with van der Waals surface area (Å²) in [6.45, 7) is 2.03. The van der Waals surface area contributed by atoms with E-state index in [1.807, 2.05) is 32.2 Å². The van der Waals surface area contributed by atoms with Crippen LogP contribution in [0.3, 0.4) is 0 Å². The smallest absolute Gasteiger partial charge is 0.0495 e. The summed E-state index contributed by atoms with van der Waals surface area (Å²) in [6.07, 6.45) is 7.52. The van der Waals surface area contributed by atoms with Crippen LogP contribution in [-0.4, -0.2) is 4.57 Å². The van der Waals surface area contributed by atoms with E-state index in [1.165, 1.54) is 10.9 Å². The lowest BCUT2D eigenvalue weighted by Gasteiger charge is -2.01. The Balaban J connectivity index is 2.74. The summed E-state index contributed by atoms with van der Waals surface area (Å²) in [5.74, 6) is 2.89. The molecule has 0 N–H and O–H groups in total. The van der Waals surface area contributed by atoms with Gasteiger partial charge in [-0.2, -0.15) is 0 Å². The van der Waals surface area contributed by atoms with Crippen LogP contribution >= 0.6 is 11.6 Å². The maximum Gasteiger partial charge on any atom is 0.0495 e. The van der Waals surface area contributed by atoms with Crippen LogP contribution in [0.2, 0.25) is 5.02 Å². The lowest BCUT2D eigenvalue weighted by Crippen LogP contribution is -1.86. The van der Waals surface area contributed by atoms with E-state index in [-0.39, 0.29) is 5.92 Å². The van der Waals surface area contributed by atoms with Gasteiger partial charge in [-0.25, -0.2) is 0 Å². The first-order valence-electron chi connectivity index (χ1n) is 4.84. The SMILES string of the molecule is C#CC(C)c1cn(C)c2cc(Cl)ccc12. The number of benzene rings is 1. The zero-order chi connectivity index (χ0) is 11.0. The molecule has 1 heterocycles. The number of aromatic nitrogens is 1. The van der Waals surface area contributed by atoms with E-state index in [1.54, 1.807) is 0 Å². The minimum Gasteiger partial charge on any atom is -0.350 e. The van der Waals surface area contributed by atoms with Gasteiger partial charge in [0.05, 0.1) is 0 Å². The Bertz CT molecular complexity index is 545. The summed E-state index contributed by atoms with van der Waals surface area (Å²) in [7, 11) is 2.01. The van der Waals surface area contributed by atoms with Gasteiger partial charge in [0.2, 0.25) is 0 Å². The van der Waals surface area contributed by atoms with Crippen molar-refractivity contribution in [3.63, 3.8) is 0 Å². The Morgan fingerprint density at radius 3 is 2.87 bits per heavy atom. The largest absolute Gasteiger partial charge is 0.350 e. The Morgan fingerprint density at radius 2 is 2.20 bits per heavy atom. The van der Waals surface area contributed by atoms with E-state index in [0.717, 1.165) is 10.5 Å². The van der Waals surface area contributed by atoms with Crippen molar-refractivity contribution in [2.75, 3.05) is 0 Å². The summed E-state index contributed by atoms with van der Waals surface area (Å²) in [4.78, 5) is 0. The van der Waals surface area contributed by atoms with Crippen LogP contribution in [0.15, 0.2) is 24.4 Å². The number of halogens is 1. The number of terminal acetylenes is 1. The molecule has 0 spiro atoms. The molecule has 1 unspecified atom stereocenters. The van der Waals surface area contributed by atoms with Crippen LogP contribution in [0.5, 0.6) is 0 Å². The molecule has 0 fully saturated rings. The lowest BCUT2D eigenvalue weighted by molar-refractivity contribution is 0.935. The van der Waals surface area contributed by atoms with Crippen LogP contribution in [0.1, 0.15) is 18.4 Å². The first kappa shape index (κ1) is 10.1. The van der Waals surface area contributed by atoms with Gasteiger partial charge < -0.3 is 4.57 Å². The molecule has 2 heteroatoms. The molecule has 0 radical (unpaired) electrons. The van der Waals surface area contributed by atoms with Crippen molar-refractivity contribution in [1.29, 1.82) is 0 Å². The molecule has 0 aliphatic rings. The van der Waals surface area contributed by atoms with E-state index in [9.17, 15) is 0 Å². The molecule has 1 nitrogen and oxygen atoms in total. The van der Waals surface area contributed by atoms with Crippen LogP contribution in [-0.2, 0) is 7.05 Å². The Kier molecular flexibility index (Phi) is 2.46. The Morgan fingerprint density at radius 1 is 1.47 bits per heavy atom. The highest BCUT2D eigenvalue weighted by atomic mass is 35.5. The van der Waals surface area contributed by atoms with E-state index in [2.05, 4.69) is 16.7 Å². The fourth-order valence-corrected chi connectivity index (χ4v) is 1.99. The summed E-state index contributed by atoms with van der Waals surface area (Å²) in [5, 5.41) is 1.94. The quantitative estimate of drug-likeness (QED) is 0.644. The lowest BCUT2D eigenvalue weighted by atomic mass is 10.0. The second kappa shape index (κ2) is 3.64. The molecule has 1 aromatic heterocycles. The molecule has 0 aliphatic carbocycles. The summed E-state index contributed by atoms with van der Waals surface area (Å²) >= 11 is 5.96. The van der Waals surface area contributed by atoms with Crippen LogP contribution in [0.4, 0.5) is 0 Å². The maximum atomic E-state index is 5.96. The molecule has 0 saturated carbocycles. The summed E-state index contributed by atoms with van der Waals surface area (Å²) in [6, 6.07) is 5.89. The maximum absolute atomic E-state index is 5.96. The Labute approximate surface area is 94.7 Å². The van der Waals surface area contributed by atoms with Crippen molar-refractivity contribution in [1.82, 2.24) is 4.57 Å². The molecule has 0 bridgehead atoms. The van der Waals surface area contributed by atoms with E-state index in [0.29, 0.717) is 0 Å². The molecular formula is C13H12ClN. The van der Waals surface area contributed by atoms with Crippen molar-refractivity contribution in [2.24, 2.45) is 7.05 Å². The fourth-order valence-electron chi connectivity index (χ4n) is 1.82. The highest BCUT2D eigenvalue weighted by Gasteiger charge is 2.10. The molecule has 0 aliphatic heterocycles. The number of aryl methyl sites for hydroxylation is 1. The highest BCUT2D eigenvalue weighted by molar-refractivity contribution is 6.31. The van der Waals surface area contributed by atoms with Crippen molar-refractivity contribution in [3.8, 4) is 12.3 Å². The Hall–Kier alpha value is -1.39. The van der Waals surface area contributed by atoms with Gasteiger partial charge in [0.15, 0.2) is 0 Å². The van der Waals surface area contributed by atoms with Crippen molar-refractivity contribution >= 4 is 22.5 Å². The normalized spacial score (nSPS) is 12.7. The number of hydrogen-bond acceptors (Lipinski definition) is 0. The second-order valence-electron chi connectivity index (χ2n) is 3.75. The molecule has 2 rings (SSSR count). The van der Waals surface area contributed by atoms with Gasteiger partial charge in [0.25, 0.3) is 0 Å². The molecule has 0 amide bonds. The average molecular weight is 218 g/mol. The fraction of sp³-hybridized carbons (Fsp3) is 0.231. The van der Waals surface area contributed by atoms with Gasteiger partial charge in [0, 0.05) is 35.1 Å². The summed E-state index contributed by atoms with van der Waals surface area (Å²) < 4.78 is 2.06. The third-order valence-corrected chi connectivity index (χ3v) is 2.94. The zero-order valence-electron chi connectivity index (χ0n) is 8.79. The van der Waals surface area contributed by atoms with E-state index in [4.69, 9.17) is 18.0 Å². The average Bonchev–Trinajstić information content (AvgIpc) is 2.55. The summed E-state index contributed by atoms with van der Waals surface area (Å²) in [5.41, 5.74) is 2.31. The third-order valence-electron chi connectivity index (χ3n) is 2.70. The van der Waals surface area contributed by atoms with E-state index < -0.39 is 0 Å². The molecule has 76 valence electrons. The van der Waals surface area contributed by atoms with Crippen LogP contribution in [0, 0.1) is 12.3 Å². The van der Waals surface area contributed by atoms with Gasteiger partial charge in [-0.15, -0.1) is 6.42 Å². The molecular weight excluding hydrogens is 206 g/mol. The zero-order valence-corrected chi connectivity index (χ0v) is 9.55. The van der Waals surface area contributed by atoms with Crippen LogP contribution < -0.4 is 0 Å². The third kappa shape index (κ3) is 1.62. The second-order valence-corrected chi connectivity index (χ2v) is 4.18. The van der Waals surface area contributed by atoms with Crippen molar-refractivity contribution in [3.05, 3.63) is 35.0 Å². The number of hydrogen-bond donors (Lipinski definition) is 0. The van der Waals surface area contributed by atoms with Gasteiger partial charge in [0.1, 0.15) is 0 Å². The van der Waals surface area contributed by atoms with Gasteiger partial charge in [-0.1, -0.05) is 23.6 Å². The molecule has 1 atom stereocenters. The monoisotopic (exact) mass is 217 g/mol. The minimum absolute atomic E-state index is 0.134. The van der Waals surface area contributed by atoms with Gasteiger partial charge in [-0.3, -0.25) is 0 Å². The topological polar surface area (TPSA) is 4.93 Å². The first-order chi connectivity index (χ1) is 7.13. The van der Waals surface area contributed by atoms with Gasteiger partial charge >= 0.3 is 0 Å². The number of nitrogens with zero attached hydrogens (tertiary/aromatic N) is 1. The van der Waals surface area contributed by atoms with Crippen molar-refractivity contribution < 1.29 is 0 Å². The predicted molar refractivity (Wildman–Crippen MR) is 65.2 cm³/mol. The molecule has 1 aromatic carbocycles. The standard InChI is InChI=1S/C13H12ClN/c1-4-9(2)12-8-15(3)13-7-10(14)5-6-11(12)13/h1,5-9H,2-3H3. The predicted octanol–water partition coefficient (Wildman–Crippen LogP) is 3.57. The highest BCUT2D eigenvalue weighted by Crippen LogP contribution is 2.28. The number of rotatable bonds is 1.